The van der Waals surface area contributed by atoms with Crippen molar-refractivity contribution in [2.24, 2.45) is 0 Å². The number of aryl methyl sites for hydroxylation is 1. The van der Waals surface area contributed by atoms with Crippen molar-refractivity contribution in [3.8, 4) is 0 Å². The van der Waals surface area contributed by atoms with Crippen molar-refractivity contribution < 1.29 is 18.3 Å². The van der Waals surface area contributed by atoms with Crippen LogP contribution in [0.3, 0.4) is 0 Å². The largest absolute Gasteiger partial charge is 0.478 e. The summed E-state index contributed by atoms with van der Waals surface area (Å²) in [7, 11) is -3.72. The molecule has 19 heavy (non-hydrogen) atoms. The normalized spacial score (nSPS) is 11.2. The van der Waals surface area contributed by atoms with E-state index in [9.17, 15) is 13.2 Å². The van der Waals surface area contributed by atoms with Crippen LogP contribution in [0.1, 0.15) is 15.4 Å². The van der Waals surface area contributed by atoms with Crippen molar-refractivity contribution in [3.05, 3.63) is 41.0 Å². The molecule has 1 heterocycles. The summed E-state index contributed by atoms with van der Waals surface area (Å²) in [5, 5.41) is 9.48. The molecule has 100 valence electrons. The molecule has 6 nitrogen and oxygen atoms in total. The summed E-state index contributed by atoms with van der Waals surface area (Å²) in [6.45, 7) is 1.70. The molecule has 8 heteroatoms. The molecule has 0 aliphatic rings. The van der Waals surface area contributed by atoms with Crippen LogP contribution in [0.5, 0.6) is 0 Å². The quantitative estimate of drug-likeness (QED) is 0.899. The van der Waals surface area contributed by atoms with E-state index in [1.54, 1.807) is 6.92 Å². The third-order valence-electron chi connectivity index (χ3n) is 2.23. The molecule has 0 fully saturated rings. The Hall–Kier alpha value is -1.93. The van der Waals surface area contributed by atoms with Crippen molar-refractivity contribution in [3.63, 3.8) is 0 Å². The molecule has 0 spiro atoms. The van der Waals surface area contributed by atoms with Gasteiger partial charge in [-0.15, -0.1) is 11.3 Å². The maximum Gasteiger partial charge on any atom is 0.335 e. The summed E-state index contributed by atoms with van der Waals surface area (Å²) >= 11 is 1.05. The molecular weight excluding hydrogens is 288 g/mol. The summed E-state index contributed by atoms with van der Waals surface area (Å²) in [6, 6.07) is 5.60. The number of carboxylic acid groups (broad SMARTS) is 1. The molecule has 0 unspecified atom stereocenters. The molecular formula is C11H10N2O4S2. The smallest absolute Gasteiger partial charge is 0.335 e. The molecule has 0 aliphatic carbocycles. The Morgan fingerprint density at radius 1 is 1.42 bits per heavy atom. The number of rotatable bonds is 4. The Balaban J connectivity index is 2.30. The zero-order valence-corrected chi connectivity index (χ0v) is 11.5. The predicted molar refractivity (Wildman–Crippen MR) is 71.1 cm³/mol. The fourth-order valence-corrected chi connectivity index (χ4v) is 3.54. The lowest BCUT2D eigenvalue weighted by Gasteiger charge is -2.06. The third-order valence-corrected chi connectivity index (χ3v) is 4.98. The lowest BCUT2D eigenvalue weighted by atomic mass is 10.2. The van der Waals surface area contributed by atoms with E-state index < -0.39 is 16.0 Å². The van der Waals surface area contributed by atoms with Gasteiger partial charge in [0.05, 0.1) is 16.8 Å². The molecule has 0 aliphatic heterocycles. The van der Waals surface area contributed by atoms with Crippen LogP contribution in [-0.2, 0) is 10.0 Å². The zero-order valence-electron chi connectivity index (χ0n) is 9.82. The van der Waals surface area contributed by atoms with Crippen LogP contribution in [-0.4, -0.2) is 24.5 Å². The van der Waals surface area contributed by atoms with Crippen LogP contribution >= 0.6 is 11.3 Å². The second-order valence-corrected chi connectivity index (χ2v) is 6.83. The molecule has 0 saturated heterocycles. The summed E-state index contributed by atoms with van der Waals surface area (Å²) in [5.41, 5.74) is 0.214. The van der Waals surface area contributed by atoms with E-state index >= 15 is 0 Å². The number of anilines is 1. The Kier molecular flexibility index (Phi) is 3.54. The fraction of sp³-hybridized carbons (Fsp3) is 0.0909. The maximum atomic E-state index is 12.0. The number of carboxylic acids is 1. The van der Waals surface area contributed by atoms with E-state index in [4.69, 9.17) is 5.11 Å². The first kappa shape index (κ1) is 13.5. The predicted octanol–water partition coefficient (Wildman–Crippen LogP) is 1.95. The van der Waals surface area contributed by atoms with Gasteiger partial charge in [0.25, 0.3) is 10.0 Å². The number of carbonyl (C=O) groups is 1. The van der Waals surface area contributed by atoms with Crippen LogP contribution in [0.25, 0.3) is 0 Å². The maximum absolute atomic E-state index is 12.0. The number of hydrogen-bond acceptors (Lipinski definition) is 5. The Bertz CT molecular complexity index is 722. The van der Waals surface area contributed by atoms with E-state index in [2.05, 4.69) is 9.71 Å². The average Bonchev–Trinajstić information content (AvgIpc) is 2.76. The lowest BCUT2D eigenvalue weighted by Crippen LogP contribution is -2.12. The van der Waals surface area contributed by atoms with Crippen molar-refractivity contribution in [2.75, 3.05) is 4.72 Å². The van der Waals surface area contributed by atoms with Gasteiger partial charge in [0.2, 0.25) is 0 Å². The first-order valence-corrected chi connectivity index (χ1v) is 7.47. The van der Waals surface area contributed by atoms with Crippen LogP contribution < -0.4 is 4.72 Å². The third kappa shape index (κ3) is 3.09. The standard InChI is InChI=1S/C11H10N2O4S2/c1-7-12-6-10(18-7)19(16,17)13-9-4-2-3-8(5-9)11(14)15/h2-6,13H,1H3,(H,14,15). The minimum absolute atomic E-state index is 0.0145. The highest BCUT2D eigenvalue weighted by molar-refractivity contribution is 7.94. The van der Waals surface area contributed by atoms with Gasteiger partial charge < -0.3 is 5.11 Å². The molecule has 1 aromatic heterocycles. The Labute approximate surface area is 113 Å². The van der Waals surface area contributed by atoms with Gasteiger partial charge in [-0.3, -0.25) is 4.72 Å². The molecule has 0 bridgehead atoms. The lowest BCUT2D eigenvalue weighted by molar-refractivity contribution is 0.0697. The molecule has 2 N–H and O–H groups in total. The molecule has 0 amide bonds. The number of nitrogens with one attached hydrogen (secondary N) is 1. The highest BCUT2D eigenvalue weighted by Gasteiger charge is 2.17. The van der Waals surface area contributed by atoms with E-state index in [0.29, 0.717) is 5.01 Å². The minimum Gasteiger partial charge on any atom is -0.478 e. The van der Waals surface area contributed by atoms with Gasteiger partial charge in [0, 0.05) is 5.69 Å². The monoisotopic (exact) mass is 298 g/mol. The second-order valence-electron chi connectivity index (χ2n) is 3.69. The van der Waals surface area contributed by atoms with Crippen LogP contribution in [0.2, 0.25) is 0 Å². The van der Waals surface area contributed by atoms with E-state index in [-0.39, 0.29) is 15.5 Å². The Morgan fingerprint density at radius 3 is 2.74 bits per heavy atom. The molecule has 0 saturated carbocycles. The first-order valence-electron chi connectivity index (χ1n) is 5.17. The molecule has 0 atom stereocenters. The van der Waals surface area contributed by atoms with Crippen molar-refractivity contribution in [1.29, 1.82) is 0 Å². The van der Waals surface area contributed by atoms with Gasteiger partial charge in [-0.25, -0.2) is 18.2 Å². The molecule has 2 aromatic rings. The SMILES string of the molecule is Cc1ncc(S(=O)(=O)Nc2cccc(C(=O)O)c2)s1. The summed E-state index contributed by atoms with van der Waals surface area (Å²) in [5.74, 6) is -1.12. The first-order chi connectivity index (χ1) is 8.88. The van der Waals surface area contributed by atoms with Crippen LogP contribution in [0.4, 0.5) is 5.69 Å². The fourth-order valence-electron chi connectivity index (χ4n) is 1.39. The number of thiazole rings is 1. The van der Waals surface area contributed by atoms with E-state index in [1.165, 1.54) is 30.5 Å². The number of aromatic nitrogens is 1. The van der Waals surface area contributed by atoms with Crippen molar-refractivity contribution in [1.82, 2.24) is 4.98 Å². The summed E-state index contributed by atoms with van der Waals surface area (Å²) in [6.07, 6.45) is 1.27. The second kappa shape index (κ2) is 4.98. The number of sulfonamides is 1. The number of nitrogens with zero attached hydrogens (tertiary/aromatic N) is 1. The van der Waals surface area contributed by atoms with Gasteiger partial charge >= 0.3 is 5.97 Å². The Morgan fingerprint density at radius 2 is 2.16 bits per heavy atom. The summed E-state index contributed by atoms with van der Waals surface area (Å²) < 4.78 is 26.4. The van der Waals surface area contributed by atoms with Gasteiger partial charge in [0.15, 0.2) is 4.21 Å². The number of benzene rings is 1. The van der Waals surface area contributed by atoms with Crippen LogP contribution in [0.15, 0.2) is 34.7 Å². The van der Waals surface area contributed by atoms with Crippen molar-refractivity contribution in [2.45, 2.75) is 11.1 Å². The van der Waals surface area contributed by atoms with Gasteiger partial charge in [-0.1, -0.05) is 6.07 Å². The molecule has 1 aromatic carbocycles. The van der Waals surface area contributed by atoms with E-state index in [0.717, 1.165) is 11.3 Å². The highest BCUT2D eigenvalue weighted by atomic mass is 32.2. The van der Waals surface area contributed by atoms with Crippen LogP contribution in [0, 0.1) is 6.92 Å². The minimum atomic E-state index is -3.72. The van der Waals surface area contributed by atoms with Gasteiger partial charge in [-0.2, -0.15) is 0 Å². The topological polar surface area (TPSA) is 96.4 Å². The molecule has 0 radical (unpaired) electrons. The van der Waals surface area contributed by atoms with Gasteiger partial charge in [-0.05, 0) is 25.1 Å². The summed E-state index contributed by atoms with van der Waals surface area (Å²) in [4.78, 5) is 14.7. The van der Waals surface area contributed by atoms with Gasteiger partial charge in [0.1, 0.15) is 0 Å². The average molecular weight is 298 g/mol. The zero-order chi connectivity index (χ0) is 14.0. The highest BCUT2D eigenvalue weighted by Crippen LogP contribution is 2.21. The number of hydrogen-bond donors (Lipinski definition) is 2. The molecule has 2 rings (SSSR count). The van der Waals surface area contributed by atoms with E-state index in [1.807, 2.05) is 0 Å². The van der Waals surface area contributed by atoms with Crippen molar-refractivity contribution >= 4 is 33.0 Å². The number of aromatic carboxylic acids is 1.